The van der Waals surface area contributed by atoms with E-state index in [9.17, 15) is 4.79 Å². The number of anilines is 2. The third-order valence-corrected chi connectivity index (χ3v) is 2.13. The number of hydrogen-bond acceptors (Lipinski definition) is 2. The number of nitrogens with two attached hydrogens (primary N) is 1. The number of urea groups is 1. The van der Waals surface area contributed by atoms with Gasteiger partial charge in [-0.25, -0.2) is 4.79 Å². The zero-order valence-electron chi connectivity index (χ0n) is 9.40. The SMILES string of the molecule is CCN(C(=O)N(C)C)c1ccc(N)cc1. The Morgan fingerprint density at radius 1 is 1.27 bits per heavy atom. The fourth-order valence-electron chi connectivity index (χ4n) is 1.32. The Kier molecular flexibility index (Phi) is 3.55. The molecule has 1 aromatic carbocycles. The molecule has 1 aromatic rings. The molecule has 15 heavy (non-hydrogen) atoms. The molecule has 1 rings (SSSR count). The summed E-state index contributed by atoms with van der Waals surface area (Å²) >= 11 is 0. The lowest BCUT2D eigenvalue weighted by molar-refractivity contribution is 0.224. The number of benzene rings is 1. The Bertz CT molecular complexity index is 332. The van der Waals surface area contributed by atoms with Gasteiger partial charge in [-0.2, -0.15) is 0 Å². The van der Waals surface area contributed by atoms with E-state index in [-0.39, 0.29) is 6.03 Å². The first-order chi connectivity index (χ1) is 7.06. The monoisotopic (exact) mass is 207 g/mol. The summed E-state index contributed by atoms with van der Waals surface area (Å²) in [6.07, 6.45) is 0. The Hall–Kier alpha value is -1.71. The number of rotatable bonds is 2. The first-order valence-electron chi connectivity index (χ1n) is 4.90. The van der Waals surface area contributed by atoms with Crippen LogP contribution in [0.4, 0.5) is 16.2 Å². The van der Waals surface area contributed by atoms with Gasteiger partial charge in [-0.3, -0.25) is 4.90 Å². The fourth-order valence-corrected chi connectivity index (χ4v) is 1.32. The summed E-state index contributed by atoms with van der Waals surface area (Å²) in [4.78, 5) is 15.0. The summed E-state index contributed by atoms with van der Waals surface area (Å²) in [6.45, 7) is 2.58. The van der Waals surface area contributed by atoms with Crippen LogP contribution in [-0.4, -0.2) is 31.6 Å². The summed E-state index contributed by atoms with van der Waals surface area (Å²) in [5, 5.41) is 0. The van der Waals surface area contributed by atoms with Crippen LogP contribution in [0.5, 0.6) is 0 Å². The number of nitrogens with zero attached hydrogens (tertiary/aromatic N) is 2. The first-order valence-corrected chi connectivity index (χ1v) is 4.90. The van der Waals surface area contributed by atoms with Gasteiger partial charge in [-0.05, 0) is 31.2 Å². The van der Waals surface area contributed by atoms with Crippen LogP contribution in [0.15, 0.2) is 24.3 Å². The highest BCUT2D eigenvalue weighted by atomic mass is 16.2. The Labute approximate surface area is 90.3 Å². The smallest absolute Gasteiger partial charge is 0.323 e. The molecule has 2 N–H and O–H groups in total. The molecular formula is C11H17N3O. The molecule has 0 aliphatic carbocycles. The van der Waals surface area contributed by atoms with Crippen molar-refractivity contribution >= 4 is 17.4 Å². The van der Waals surface area contributed by atoms with E-state index in [0.29, 0.717) is 12.2 Å². The Balaban J connectivity index is 2.92. The zero-order valence-corrected chi connectivity index (χ0v) is 9.40. The molecule has 0 aliphatic rings. The van der Waals surface area contributed by atoms with Gasteiger partial charge in [-0.15, -0.1) is 0 Å². The van der Waals surface area contributed by atoms with Gasteiger partial charge in [0.15, 0.2) is 0 Å². The average molecular weight is 207 g/mol. The molecule has 0 saturated heterocycles. The van der Waals surface area contributed by atoms with Crippen molar-refractivity contribution in [2.24, 2.45) is 0 Å². The van der Waals surface area contributed by atoms with Gasteiger partial charge >= 0.3 is 6.03 Å². The van der Waals surface area contributed by atoms with Crippen molar-refractivity contribution < 1.29 is 4.79 Å². The molecule has 0 atom stereocenters. The van der Waals surface area contributed by atoms with Crippen molar-refractivity contribution in [3.8, 4) is 0 Å². The lowest BCUT2D eigenvalue weighted by Crippen LogP contribution is -2.39. The zero-order chi connectivity index (χ0) is 11.4. The van der Waals surface area contributed by atoms with Crippen LogP contribution in [-0.2, 0) is 0 Å². The molecule has 0 aromatic heterocycles. The number of amides is 2. The van der Waals surface area contributed by atoms with E-state index in [1.807, 2.05) is 19.1 Å². The first kappa shape index (κ1) is 11.4. The maximum absolute atomic E-state index is 11.8. The van der Waals surface area contributed by atoms with Crippen molar-refractivity contribution in [3.05, 3.63) is 24.3 Å². The van der Waals surface area contributed by atoms with Crippen molar-refractivity contribution in [2.75, 3.05) is 31.3 Å². The predicted molar refractivity (Wildman–Crippen MR) is 63.0 cm³/mol. The van der Waals surface area contributed by atoms with Crippen LogP contribution >= 0.6 is 0 Å². The molecule has 0 saturated carbocycles. The third-order valence-electron chi connectivity index (χ3n) is 2.13. The summed E-state index contributed by atoms with van der Waals surface area (Å²) in [5.41, 5.74) is 7.16. The van der Waals surface area contributed by atoms with Gasteiger partial charge in [0.05, 0.1) is 0 Å². The highest BCUT2D eigenvalue weighted by Gasteiger charge is 2.14. The van der Waals surface area contributed by atoms with Crippen molar-refractivity contribution in [1.82, 2.24) is 4.90 Å². The largest absolute Gasteiger partial charge is 0.399 e. The Morgan fingerprint density at radius 2 is 1.80 bits per heavy atom. The number of nitrogen functional groups attached to an aromatic ring is 1. The van der Waals surface area contributed by atoms with Crippen LogP contribution in [0.1, 0.15) is 6.92 Å². The van der Waals surface area contributed by atoms with E-state index >= 15 is 0 Å². The second-order valence-electron chi connectivity index (χ2n) is 3.51. The van der Waals surface area contributed by atoms with E-state index in [1.165, 1.54) is 0 Å². The van der Waals surface area contributed by atoms with Gasteiger partial charge in [0.25, 0.3) is 0 Å². The minimum Gasteiger partial charge on any atom is -0.399 e. The van der Waals surface area contributed by atoms with Gasteiger partial charge < -0.3 is 10.6 Å². The lowest BCUT2D eigenvalue weighted by Gasteiger charge is -2.24. The molecule has 82 valence electrons. The standard InChI is InChI=1S/C11H17N3O/c1-4-14(11(15)13(2)3)10-7-5-9(12)6-8-10/h5-8H,4,12H2,1-3H3. The number of carbonyl (C=O) groups excluding carboxylic acids is 1. The quantitative estimate of drug-likeness (QED) is 0.751. The lowest BCUT2D eigenvalue weighted by atomic mass is 10.2. The molecule has 0 bridgehead atoms. The summed E-state index contributed by atoms with van der Waals surface area (Å²) in [7, 11) is 3.48. The molecular weight excluding hydrogens is 190 g/mol. The van der Waals surface area contributed by atoms with Crippen molar-refractivity contribution in [3.63, 3.8) is 0 Å². The van der Waals surface area contributed by atoms with Crippen LogP contribution in [0, 0.1) is 0 Å². The third kappa shape index (κ3) is 2.62. The maximum Gasteiger partial charge on any atom is 0.323 e. The van der Waals surface area contributed by atoms with E-state index < -0.39 is 0 Å². The number of hydrogen-bond donors (Lipinski definition) is 1. The van der Waals surface area contributed by atoms with Crippen LogP contribution in [0.25, 0.3) is 0 Å². The number of carbonyl (C=O) groups is 1. The van der Waals surface area contributed by atoms with Crippen molar-refractivity contribution in [1.29, 1.82) is 0 Å². The Morgan fingerprint density at radius 3 is 2.20 bits per heavy atom. The molecule has 4 heteroatoms. The van der Waals surface area contributed by atoms with Gasteiger partial charge in [-0.1, -0.05) is 0 Å². The molecule has 0 unspecified atom stereocenters. The summed E-state index contributed by atoms with van der Waals surface area (Å²) < 4.78 is 0. The topological polar surface area (TPSA) is 49.6 Å². The molecule has 0 radical (unpaired) electrons. The van der Waals surface area contributed by atoms with E-state index in [1.54, 1.807) is 36.0 Å². The molecule has 0 spiro atoms. The predicted octanol–water partition coefficient (Wildman–Crippen LogP) is 1.78. The van der Waals surface area contributed by atoms with Crippen LogP contribution in [0.2, 0.25) is 0 Å². The summed E-state index contributed by atoms with van der Waals surface area (Å²) in [5.74, 6) is 0. The molecule has 4 nitrogen and oxygen atoms in total. The molecule has 2 amide bonds. The van der Waals surface area contributed by atoms with E-state index in [4.69, 9.17) is 5.73 Å². The summed E-state index contributed by atoms with van der Waals surface area (Å²) in [6, 6.07) is 7.25. The van der Waals surface area contributed by atoms with Gasteiger partial charge in [0.1, 0.15) is 0 Å². The van der Waals surface area contributed by atoms with E-state index in [2.05, 4.69) is 0 Å². The van der Waals surface area contributed by atoms with Gasteiger partial charge in [0, 0.05) is 32.0 Å². The molecule has 0 aliphatic heterocycles. The fraction of sp³-hybridized carbons (Fsp3) is 0.364. The minimum atomic E-state index is -0.0257. The second-order valence-corrected chi connectivity index (χ2v) is 3.51. The van der Waals surface area contributed by atoms with Gasteiger partial charge in [0.2, 0.25) is 0 Å². The highest BCUT2D eigenvalue weighted by Crippen LogP contribution is 2.16. The minimum absolute atomic E-state index is 0.0257. The normalized spacial score (nSPS) is 9.80. The average Bonchev–Trinajstić information content (AvgIpc) is 2.21. The van der Waals surface area contributed by atoms with Crippen LogP contribution in [0.3, 0.4) is 0 Å². The second kappa shape index (κ2) is 4.68. The van der Waals surface area contributed by atoms with Crippen molar-refractivity contribution in [2.45, 2.75) is 6.92 Å². The van der Waals surface area contributed by atoms with Crippen LogP contribution < -0.4 is 10.6 Å². The molecule has 0 fully saturated rings. The highest BCUT2D eigenvalue weighted by molar-refractivity contribution is 5.91. The maximum atomic E-state index is 11.8. The van der Waals surface area contributed by atoms with E-state index in [0.717, 1.165) is 5.69 Å². The molecule has 0 heterocycles.